The number of rotatable bonds is 6. The molecule has 0 fully saturated rings. The standard InChI is InChI=1S/C54H32N6S2/c1-5-13-33(14-6-1)37-26-28-45-44(29-37)50-48(59(45)39-17-9-3-10-18-39)32-43(52-54(50)58-62-56-52)36-23-21-35(22-24-36)42-31-47-49(53-51(42)55-61-57-53)41-27-25-38(34-15-7-2-8-16-34)30-46(41)60(47)40-19-11-4-12-20-40/h1-32H. The van der Waals surface area contributed by atoms with Gasteiger partial charge in [0.15, 0.2) is 0 Å². The van der Waals surface area contributed by atoms with E-state index in [0.29, 0.717) is 0 Å². The van der Waals surface area contributed by atoms with E-state index in [9.17, 15) is 0 Å². The molecule has 62 heavy (non-hydrogen) atoms. The molecule has 0 aliphatic heterocycles. The van der Waals surface area contributed by atoms with Crippen LogP contribution in [0, 0.1) is 0 Å². The highest BCUT2D eigenvalue weighted by Crippen LogP contribution is 2.44. The predicted molar refractivity (Wildman–Crippen MR) is 259 cm³/mol. The Morgan fingerprint density at radius 3 is 1.24 bits per heavy atom. The number of nitrogens with zero attached hydrogens (tertiary/aromatic N) is 6. The zero-order valence-electron chi connectivity index (χ0n) is 33.0. The summed E-state index contributed by atoms with van der Waals surface area (Å²) in [6, 6.07) is 69.4. The molecule has 4 aromatic heterocycles. The quantitative estimate of drug-likeness (QED) is 0.167. The van der Waals surface area contributed by atoms with E-state index < -0.39 is 0 Å². The van der Waals surface area contributed by atoms with Crippen LogP contribution in [0.1, 0.15) is 0 Å². The monoisotopic (exact) mass is 828 g/mol. The number of hydrogen-bond donors (Lipinski definition) is 0. The summed E-state index contributed by atoms with van der Waals surface area (Å²) in [5, 5.41) is 4.54. The number of hydrogen-bond acceptors (Lipinski definition) is 6. The summed E-state index contributed by atoms with van der Waals surface area (Å²) in [6.07, 6.45) is 0. The molecule has 8 heteroatoms. The molecule has 0 aliphatic carbocycles. The number of benzene rings is 9. The predicted octanol–water partition coefficient (Wildman–Crippen LogP) is 14.6. The molecule has 9 aromatic carbocycles. The molecule has 13 rings (SSSR count). The lowest BCUT2D eigenvalue weighted by Crippen LogP contribution is -1.94. The smallest absolute Gasteiger partial charge is 0.115 e. The van der Waals surface area contributed by atoms with Crippen LogP contribution in [0.25, 0.3) is 122 Å². The van der Waals surface area contributed by atoms with Crippen molar-refractivity contribution in [2.45, 2.75) is 0 Å². The molecule has 0 bridgehead atoms. The van der Waals surface area contributed by atoms with E-state index in [0.717, 1.165) is 99.3 Å². The third kappa shape index (κ3) is 5.34. The summed E-state index contributed by atoms with van der Waals surface area (Å²) >= 11 is 2.54. The second-order valence-electron chi connectivity index (χ2n) is 15.7. The van der Waals surface area contributed by atoms with Crippen LogP contribution in [-0.4, -0.2) is 26.6 Å². The first-order valence-corrected chi connectivity index (χ1v) is 22.0. The van der Waals surface area contributed by atoms with Crippen LogP contribution in [0.5, 0.6) is 0 Å². The molecule has 0 radical (unpaired) electrons. The summed E-state index contributed by atoms with van der Waals surface area (Å²) < 4.78 is 24.6. The van der Waals surface area contributed by atoms with Crippen molar-refractivity contribution in [3.63, 3.8) is 0 Å². The van der Waals surface area contributed by atoms with Crippen molar-refractivity contribution in [2.75, 3.05) is 0 Å². The van der Waals surface area contributed by atoms with Crippen LogP contribution < -0.4 is 0 Å². The first-order valence-electron chi connectivity index (χ1n) is 20.6. The lowest BCUT2D eigenvalue weighted by molar-refractivity contribution is 1.18. The van der Waals surface area contributed by atoms with E-state index in [1.807, 2.05) is 0 Å². The van der Waals surface area contributed by atoms with Crippen molar-refractivity contribution in [2.24, 2.45) is 0 Å². The van der Waals surface area contributed by atoms with Crippen molar-refractivity contribution in [3.8, 4) is 55.9 Å². The van der Waals surface area contributed by atoms with Crippen LogP contribution in [0.3, 0.4) is 0 Å². The van der Waals surface area contributed by atoms with Gasteiger partial charge in [-0.3, -0.25) is 0 Å². The Labute approximate surface area is 363 Å². The molecule has 0 amide bonds. The van der Waals surface area contributed by atoms with Gasteiger partial charge in [-0.1, -0.05) is 140 Å². The van der Waals surface area contributed by atoms with Crippen molar-refractivity contribution < 1.29 is 0 Å². The molecule has 6 nitrogen and oxygen atoms in total. The molecule has 4 heterocycles. The van der Waals surface area contributed by atoms with E-state index in [1.54, 1.807) is 0 Å². The first-order chi connectivity index (χ1) is 30.8. The topological polar surface area (TPSA) is 61.4 Å². The van der Waals surface area contributed by atoms with Crippen LogP contribution in [0.4, 0.5) is 0 Å². The Morgan fingerprint density at radius 2 is 0.710 bits per heavy atom. The van der Waals surface area contributed by atoms with Gasteiger partial charge in [-0.15, -0.1) is 0 Å². The molecular formula is C54H32N6S2. The molecule has 0 N–H and O–H groups in total. The van der Waals surface area contributed by atoms with E-state index in [1.165, 1.54) is 45.7 Å². The second kappa shape index (κ2) is 13.9. The zero-order valence-corrected chi connectivity index (χ0v) is 34.6. The van der Waals surface area contributed by atoms with Gasteiger partial charge in [-0.05, 0) is 88.0 Å². The Balaban J connectivity index is 1.000. The number of para-hydroxylation sites is 2. The summed E-state index contributed by atoms with van der Waals surface area (Å²) in [7, 11) is 0. The summed E-state index contributed by atoms with van der Waals surface area (Å²) in [5.74, 6) is 0. The highest BCUT2D eigenvalue weighted by molar-refractivity contribution is 7.00. The summed E-state index contributed by atoms with van der Waals surface area (Å²) in [5.41, 5.74) is 19.3. The molecule has 13 aromatic rings. The molecule has 0 saturated carbocycles. The molecule has 0 aliphatic rings. The lowest BCUT2D eigenvalue weighted by Gasteiger charge is -2.11. The molecule has 290 valence electrons. The second-order valence-corrected chi connectivity index (χ2v) is 16.7. The van der Waals surface area contributed by atoms with E-state index >= 15 is 0 Å². The maximum Gasteiger partial charge on any atom is 0.115 e. The van der Waals surface area contributed by atoms with Gasteiger partial charge in [0.05, 0.1) is 45.5 Å². The third-order valence-corrected chi connectivity index (χ3v) is 13.3. The van der Waals surface area contributed by atoms with Gasteiger partial charge in [0, 0.05) is 44.0 Å². The van der Waals surface area contributed by atoms with E-state index in [2.05, 4.69) is 203 Å². The molecule has 0 spiro atoms. The normalized spacial score (nSPS) is 11.9. The first kappa shape index (κ1) is 35.0. The van der Waals surface area contributed by atoms with Gasteiger partial charge in [-0.2, -0.15) is 17.5 Å². The van der Waals surface area contributed by atoms with Crippen molar-refractivity contribution in [1.29, 1.82) is 0 Å². The average molecular weight is 829 g/mol. The fraction of sp³-hybridized carbons (Fsp3) is 0. The highest BCUT2D eigenvalue weighted by Gasteiger charge is 2.23. The largest absolute Gasteiger partial charge is 0.309 e. The van der Waals surface area contributed by atoms with Crippen LogP contribution in [0.15, 0.2) is 194 Å². The van der Waals surface area contributed by atoms with Gasteiger partial charge in [0.1, 0.15) is 22.1 Å². The maximum absolute atomic E-state index is 4.99. The number of fused-ring (bicyclic) bond motifs is 10. The molecule has 0 saturated heterocycles. The maximum atomic E-state index is 4.99. The lowest BCUT2D eigenvalue weighted by atomic mass is 9.96. The van der Waals surface area contributed by atoms with Crippen molar-refractivity contribution in [3.05, 3.63) is 194 Å². The Hall–Kier alpha value is -7.78. The van der Waals surface area contributed by atoms with Crippen LogP contribution in [0.2, 0.25) is 0 Å². The fourth-order valence-corrected chi connectivity index (χ4v) is 10.6. The number of aromatic nitrogens is 6. The Kier molecular flexibility index (Phi) is 7.85. The fourth-order valence-electron chi connectivity index (χ4n) is 9.46. The molecular weight excluding hydrogens is 797 g/mol. The van der Waals surface area contributed by atoms with E-state index in [-0.39, 0.29) is 0 Å². The molecule has 0 unspecified atom stereocenters. The third-order valence-electron chi connectivity index (χ3n) is 12.3. The summed E-state index contributed by atoms with van der Waals surface area (Å²) in [6.45, 7) is 0. The van der Waals surface area contributed by atoms with Gasteiger partial charge < -0.3 is 9.13 Å². The summed E-state index contributed by atoms with van der Waals surface area (Å²) in [4.78, 5) is 0. The van der Waals surface area contributed by atoms with Crippen molar-refractivity contribution >= 4 is 89.1 Å². The zero-order chi connectivity index (χ0) is 40.7. The van der Waals surface area contributed by atoms with Gasteiger partial charge >= 0.3 is 0 Å². The Morgan fingerprint density at radius 1 is 0.290 bits per heavy atom. The van der Waals surface area contributed by atoms with E-state index in [4.69, 9.17) is 17.5 Å². The average Bonchev–Trinajstić information content (AvgIpc) is 4.15. The Bertz CT molecular complexity index is 3800. The van der Waals surface area contributed by atoms with Crippen LogP contribution in [-0.2, 0) is 0 Å². The van der Waals surface area contributed by atoms with Gasteiger partial charge in [0.2, 0.25) is 0 Å². The SMILES string of the molecule is c1ccc(-c2ccc3c(c2)c2c4nsnc4c(-c4ccc(-c5cc6c(c7ccc(-c8ccccc8)cc7n6-c6ccccc6)c6nsnc56)cc4)cc2n3-c2ccccc2)cc1. The highest BCUT2D eigenvalue weighted by atomic mass is 32.1. The minimum Gasteiger partial charge on any atom is -0.309 e. The van der Waals surface area contributed by atoms with Gasteiger partial charge in [0.25, 0.3) is 0 Å². The van der Waals surface area contributed by atoms with Crippen LogP contribution >= 0.6 is 23.5 Å². The van der Waals surface area contributed by atoms with Gasteiger partial charge in [-0.25, -0.2) is 0 Å². The minimum absolute atomic E-state index is 0.905. The van der Waals surface area contributed by atoms with Crippen molar-refractivity contribution in [1.82, 2.24) is 26.6 Å². The molecule has 0 atom stereocenters. The minimum atomic E-state index is 0.905.